The number of rotatable bonds is 3. The Balaban J connectivity index is 1.99. The van der Waals surface area contributed by atoms with E-state index in [-0.39, 0.29) is 24.3 Å². The number of halogens is 6. The number of likely N-dealkylation sites (tertiary alicyclic amines) is 1. The molecule has 1 saturated heterocycles. The summed E-state index contributed by atoms with van der Waals surface area (Å²) >= 11 is 1.85. The first-order valence-electron chi connectivity index (χ1n) is 7.07. The van der Waals surface area contributed by atoms with Gasteiger partial charge in [-0.25, -0.2) is 9.50 Å². The molecule has 3 rings (SSSR count). The van der Waals surface area contributed by atoms with Crippen LogP contribution in [0.25, 0.3) is 5.65 Å². The van der Waals surface area contributed by atoms with Crippen LogP contribution in [0, 0.1) is 9.62 Å². The molecule has 0 aromatic carbocycles. The Morgan fingerprint density at radius 1 is 1.36 bits per heavy atom. The summed E-state index contributed by atoms with van der Waals surface area (Å²) in [5.41, 5.74) is -1.43. The van der Waals surface area contributed by atoms with Crippen molar-refractivity contribution in [2.24, 2.45) is 5.92 Å². The van der Waals surface area contributed by atoms with Crippen molar-refractivity contribution in [3.8, 4) is 0 Å². The molecule has 1 unspecified atom stereocenters. The van der Waals surface area contributed by atoms with Crippen LogP contribution in [0.3, 0.4) is 0 Å². The average molecular weight is 472 g/mol. The maximum absolute atomic E-state index is 13.3. The summed E-state index contributed by atoms with van der Waals surface area (Å²) in [6.07, 6.45) is -6.15. The number of alkyl halides is 3. The van der Waals surface area contributed by atoms with Crippen molar-refractivity contribution in [2.45, 2.75) is 19.1 Å². The van der Waals surface area contributed by atoms with E-state index in [2.05, 4.69) is 10.1 Å². The largest absolute Gasteiger partial charge is 0.435 e. The molecule has 1 aliphatic rings. The Morgan fingerprint density at radius 2 is 2.08 bits per heavy atom. The fourth-order valence-electron chi connectivity index (χ4n) is 2.75. The maximum atomic E-state index is 13.3. The molecule has 2 aromatic rings. The zero-order chi connectivity index (χ0) is 18.4. The smallest absolute Gasteiger partial charge is 0.336 e. The third-order valence-corrected chi connectivity index (χ3v) is 4.33. The van der Waals surface area contributed by atoms with Crippen LogP contribution in [0.2, 0.25) is 0 Å². The van der Waals surface area contributed by atoms with Gasteiger partial charge in [0.15, 0.2) is 11.3 Å². The molecule has 2 aromatic heterocycles. The van der Waals surface area contributed by atoms with Crippen LogP contribution in [0.15, 0.2) is 24.3 Å². The number of hydrogen-bond donors (Lipinski definition) is 0. The van der Waals surface area contributed by atoms with Gasteiger partial charge in [-0.2, -0.15) is 27.1 Å². The van der Waals surface area contributed by atoms with Gasteiger partial charge >= 0.3 is 6.18 Å². The van der Waals surface area contributed by atoms with Crippen LogP contribution in [0.1, 0.15) is 17.8 Å². The van der Waals surface area contributed by atoms with Crippen molar-refractivity contribution in [1.29, 1.82) is 0 Å². The summed E-state index contributed by atoms with van der Waals surface area (Å²) in [4.78, 5) is 16.7. The van der Waals surface area contributed by atoms with Crippen molar-refractivity contribution in [3.05, 3.63) is 39.4 Å². The van der Waals surface area contributed by atoms with Crippen molar-refractivity contribution < 1.29 is 26.7 Å². The molecule has 1 amide bonds. The van der Waals surface area contributed by atoms with Crippen molar-refractivity contribution >= 4 is 34.1 Å². The molecular formula is C14H10F5IN4O. The highest BCUT2D eigenvalue weighted by Crippen LogP contribution is 2.33. The summed E-state index contributed by atoms with van der Waals surface area (Å²) in [7, 11) is 0. The fraction of sp³-hybridized carbons (Fsp3) is 0.357. The third kappa shape index (κ3) is 3.75. The van der Waals surface area contributed by atoms with Crippen LogP contribution in [-0.4, -0.2) is 31.9 Å². The molecule has 0 radical (unpaired) electrons. The van der Waals surface area contributed by atoms with Gasteiger partial charge in [0.2, 0.25) is 5.91 Å². The van der Waals surface area contributed by atoms with E-state index >= 15 is 0 Å². The highest BCUT2D eigenvalue weighted by atomic mass is 127. The normalized spacial score (nSPS) is 18.2. The van der Waals surface area contributed by atoms with Gasteiger partial charge in [-0.1, -0.05) is 0 Å². The number of aromatic nitrogens is 3. The van der Waals surface area contributed by atoms with Crippen LogP contribution in [0.4, 0.5) is 22.0 Å². The lowest BCUT2D eigenvalue weighted by Crippen LogP contribution is -2.27. The van der Waals surface area contributed by atoms with E-state index in [9.17, 15) is 26.7 Å². The van der Waals surface area contributed by atoms with Crippen LogP contribution in [0.5, 0.6) is 0 Å². The monoisotopic (exact) mass is 472 g/mol. The van der Waals surface area contributed by atoms with E-state index in [0.717, 1.165) is 9.42 Å². The van der Waals surface area contributed by atoms with E-state index in [1.54, 1.807) is 0 Å². The number of amides is 1. The highest BCUT2D eigenvalue weighted by Gasteiger charge is 2.40. The lowest BCUT2D eigenvalue weighted by molar-refractivity contribution is -0.142. The van der Waals surface area contributed by atoms with Gasteiger partial charge in [-0.3, -0.25) is 4.79 Å². The number of carbonyl (C=O) groups excluding carboxylic acids is 1. The zero-order valence-corrected chi connectivity index (χ0v) is 14.6. The first-order valence-corrected chi connectivity index (χ1v) is 8.15. The van der Waals surface area contributed by atoms with Gasteiger partial charge in [0, 0.05) is 18.9 Å². The number of fused-ring (bicyclic) bond motifs is 1. The van der Waals surface area contributed by atoms with Gasteiger partial charge in [0.05, 0.1) is 12.2 Å². The van der Waals surface area contributed by atoms with E-state index in [1.807, 2.05) is 22.6 Å². The van der Waals surface area contributed by atoms with Gasteiger partial charge < -0.3 is 4.90 Å². The lowest BCUT2D eigenvalue weighted by atomic mass is 10.1. The Hall–Kier alpha value is -1.79. The average Bonchev–Trinajstić information content (AvgIpc) is 3.00. The minimum atomic E-state index is -4.72. The molecule has 1 fully saturated rings. The minimum Gasteiger partial charge on any atom is -0.336 e. The highest BCUT2D eigenvalue weighted by molar-refractivity contribution is 14.1. The van der Waals surface area contributed by atoms with Crippen LogP contribution < -0.4 is 0 Å². The minimum absolute atomic E-state index is 0.000588. The predicted molar refractivity (Wildman–Crippen MR) is 84.5 cm³/mol. The molecule has 0 aliphatic carbocycles. The van der Waals surface area contributed by atoms with Gasteiger partial charge in [0.25, 0.3) is 6.08 Å². The molecule has 3 heterocycles. The second-order valence-electron chi connectivity index (χ2n) is 5.53. The van der Waals surface area contributed by atoms with Gasteiger partial charge in [0.1, 0.15) is 3.70 Å². The molecule has 0 N–H and O–H groups in total. The van der Waals surface area contributed by atoms with Crippen molar-refractivity contribution in [3.63, 3.8) is 0 Å². The molecular weight excluding hydrogens is 462 g/mol. The van der Waals surface area contributed by atoms with E-state index in [0.29, 0.717) is 9.78 Å². The molecule has 0 saturated carbocycles. The Morgan fingerprint density at radius 3 is 2.72 bits per heavy atom. The first-order chi connectivity index (χ1) is 11.6. The Bertz CT molecular complexity index is 859. The summed E-state index contributed by atoms with van der Waals surface area (Å²) in [6, 6.07) is 2.90. The number of nitrogens with zero attached hydrogens (tertiary/aromatic N) is 4. The Kier molecular flexibility index (Phi) is 4.68. The Labute approximate surface area is 151 Å². The quantitative estimate of drug-likeness (QED) is 0.508. The molecule has 1 atom stereocenters. The SMILES string of the molecule is O=C1CC(C=C(F)F)CN1Cc1c(C(F)(F)F)nc2ccc(I)nn12. The number of hydrogen-bond acceptors (Lipinski definition) is 3. The van der Waals surface area contributed by atoms with Gasteiger partial charge in [-0.15, -0.1) is 0 Å². The van der Waals surface area contributed by atoms with Crippen LogP contribution in [-0.2, 0) is 17.5 Å². The topological polar surface area (TPSA) is 50.5 Å². The fourth-order valence-corrected chi connectivity index (χ4v) is 3.15. The molecule has 134 valence electrons. The molecule has 5 nitrogen and oxygen atoms in total. The lowest BCUT2D eigenvalue weighted by Gasteiger charge is -2.17. The second-order valence-corrected chi connectivity index (χ2v) is 6.63. The predicted octanol–water partition coefficient (Wildman–Crippen LogP) is 3.48. The number of imidazole rings is 1. The van der Waals surface area contributed by atoms with Crippen LogP contribution >= 0.6 is 22.6 Å². The molecule has 1 aliphatic heterocycles. The number of carbonyl (C=O) groups is 1. The third-order valence-electron chi connectivity index (χ3n) is 3.75. The summed E-state index contributed by atoms with van der Waals surface area (Å²) in [5, 5.41) is 4.02. The molecule has 0 bridgehead atoms. The first kappa shape index (κ1) is 18.0. The van der Waals surface area contributed by atoms with Crippen molar-refractivity contribution in [2.75, 3.05) is 6.54 Å². The van der Waals surface area contributed by atoms with Gasteiger partial charge in [-0.05, 0) is 40.8 Å². The van der Waals surface area contributed by atoms with E-state index in [4.69, 9.17) is 0 Å². The summed E-state index contributed by atoms with van der Waals surface area (Å²) in [5.74, 6) is -1.21. The van der Waals surface area contributed by atoms with E-state index < -0.39 is 36.3 Å². The summed E-state index contributed by atoms with van der Waals surface area (Å²) in [6.45, 7) is -0.481. The zero-order valence-electron chi connectivity index (χ0n) is 12.4. The standard InChI is InChI=1S/C14H10F5IN4O/c15-9(16)3-7-4-12(25)23(5-7)6-8-13(14(17,18)19)21-11-2-1-10(20)22-24(8)11/h1-3,7H,4-6H2. The maximum Gasteiger partial charge on any atom is 0.435 e. The molecule has 11 heteroatoms. The molecule has 0 spiro atoms. The van der Waals surface area contributed by atoms with E-state index in [1.165, 1.54) is 12.1 Å². The van der Waals surface area contributed by atoms with Crippen molar-refractivity contribution in [1.82, 2.24) is 19.5 Å². The second kappa shape index (κ2) is 6.50. The molecule has 25 heavy (non-hydrogen) atoms. The summed E-state index contributed by atoms with van der Waals surface area (Å²) < 4.78 is 66.1.